The summed E-state index contributed by atoms with van der Waals surface area (Å²) in [5, 5.41) is 9.40. The summed E-state index contributed by atoms with van der Waals surface area (Å²) in [4.78, 5) is 3.40. The number of halogens is 2. The van der Waals surface area contributed by atoms with Gasteiger partial charge in [0.1, 0.15) is 4.90 Å². The Hall–Kier alpha value is -1.79. The molecule has 1 aromatic heterocycles. The number of nitriles is 1. The van der Waals surface area contributed by atoms with E-state index in [2.05, 4.69) is 15.8 Å². The lowest BCUT2D eigenvalue weighted by atomic mass is 9.75. The Balaban J connectivity index is 2.14. The molecule has 24 heavy (non-hydrogen) atoms. The summed E-state index contributed by atoms with van der Waals surface area (Å²) in [6.45, 7) is -0.962. The van der Waals surface area contributed by atoms with Crippen LogP contribution in [0.3, 0.4) is 0 Å². The van der Waals surface area contributed by atoms with Crippen LogP contribution in [-0.2, 0) is 10.0 Å². The third-order valence-electron chi connectivity index (χ3n) is 4.02. The molecule has 0 atom stereocenters. The van der Waals surface area contributed by atoms with Crippen molar-refractivity contribution in [3.05, 3.63) is 18.3 Å². The third kappa shape index (κ3) is 4.61. The van der Waals surface area contributed by atoms with Gasteiger partial charge in [-0.2, -0.15) is 5.26 Å². The van der Waals surface area contributed by atoms with Crippen LogP contribution < -0.4 is 9.46 Å². The van der Waals surface area contributed by atoms with Crippen LogP contribution in [0.5, 0.6) is 5.88 Å². The van der Waals surface area contributed by atoms with Crippen molar-refractivity contribution >= 4 is 10.0 Å². The summed E-state index contributed by atoms with van der Waals surface area (Å²) in [6, 6.07) is 4.83. The minimum Gasteiger partial charge on any atom is -0.471 e. The molecule has 1 heterocycles. The molecule has 1 aliphatic rings. The number of nitrogens with zero attached hydrogens (tertiary/aromatic N) is 2. The van der Waals surface area contributed by atoms with E-state index < -0.39 is 28.5 Å². The standard InChI is InChI=1S/C15H19F2N3O3S/c16-13(17)9-23-14-12(5-4-8-19-14)24(21,22)20-11-15(10-18)6-2-1-3-7-15/h4-5,8,13,20H,1-3,6-7,9,11H2. The normalized spacial score (nSPS) is 17.4. The maximum Gasteiger partial charge on any atom is 0.272 e. The number of sulfonamides is 1. The van der Waals surface area contributed by atoms with Gasteiger partial charge in [0.25, 0.3) is 6.43 Å². The monoisotopic (exact) mass is 359 g/mol. The van der Waals surface area contributed by atoms with E-state index in [1.807, 2.05) is 0 Å². The predicted octanol–water partition coefficient (Wildman–Crippen LogP) is 2.48. The highest BCUT2D eigenvalue weighted by Crippen LogP contribution is 2.35. The van der Waals surface area contributed by atoms with E-state index >= 15 is 0 Å². The second-order valence-electron chi connectivity index (χ2n) is 5.79. The Morgan fingerprint density at radius 2 is 2.08 bits per heavy atom. The number of nitrogens with one attached hydrogen (secondary N) is 1. The topological polar surface area (TPSA) is 92.1 Å². The summed E-state index contributed by atoms with van der Waals surface area (Å²) in [7, 11) is -4.02. The van der Waals surface area contributed by atoms with Crippen molar-refractivity contribution in [1.29, 1.82) is 5.26 Å². The highest BCUT2D eigenvalue weighted by atomic mass is 32.2. The lowest BCUT2D eigenvalue weighted by Gasteiger charge is -2.30. The molecule has 0 unspecified atom stereocenters. The minimum atomic E-state index is -4.02. The van der Waals surface area contributed by atoms with Gasteiger partial charge < -0.3 is 4.74 Å². The van der Waals surface area contributed by atoms with E-state index in [0.29, 0.717) is 12.8 Å². The highest BCUT2D eigenvalue weighted by molar-refractivity contribution is 7.89. The van der Waals surface area contributed by atoms with Crippen molar-refractivity contribution in [3.8, 4) is 11.9 Å². The smallest absolute Gasteiger partial charge is 0.272 e. The fraction of sp³-hybridized carbons (Fsp3) is 0.600. The molecule has 0 spiro atoms. The van der Waals surface area contributed by atoms with Crippen molar-refractivity contribution in [2.75, 3.05) is 13.2 Å². The number of hydrogen-bond acceptors (Lipinski definition) is 5. The van der Waals surface area contributed by atoms with Gasteiger partial charge in [-0.05, 0) is 25.0 Å². The Kier molecular flexibility index (Phi) is 6.07. The molecule has 1 N–H and O–H groups in total. The zero-order valence-electron chi connectivity index (χ0n) is 13.0. The summed E-state index contributed by atoms with van der Waals surface area (Å²) >= 11 is 0. The van der Waals surface area contributed by atoms with E-state index in [0.717, 1.165) is 19.3 Å². The van der Waals surface area contributed by atoms with Crippen LogP contribution in [-0.4, -0.2) is 33.0 Å². The molecule has 0 saturated heterocycles. The van der Waals surface area contributed by atoms with Gasteiger partial charge in [-0.1, -0.05) is 19.3 Å². The fourth-order valence-electron chi connectivity index (χ4n) is 2.70. The van der Waals surface area contributed by atoms with Gasteiger partial charge in [0.05, 0.1) is 11.5 Å². The largest absolute Gasteiger partial charge is 0.471 e. The first-order valence-corrected chi connectivity index (χ1v) is 9.14. The molecule has 1 fully saturated rings. The van der Waals surface area contributed by atoms with Crippen LogP contribution in [0.25, 0.3) is 0 Å². The van der Waals surface area contributed by atoms with Crippen LogP contribution in [0.4, 0.5) is 8.78 Å². The first kappa shape index (κ1) is 18.5. The van der Waals surface area contributed by atoms with Crippen molar-refractivity contribution in [2.24, 2.45) is 5.41 Å². The van der Waals surface area contributed by atoms with E-state index in [1.165, 1.54) is 18.3 Å². The molecule has 6 nitrogen and oxygen atoms in total. The maximum atomic E-state index is 12.5. The summed E-state index contributed by atoms with van der Waals surface area (Å²) in [5.74, 6) is -0.375. The Morgan fingerprint density at radius 1 is 1.38 bits per heavy atom. The molecule has 9 heteroatoms. The molecule has 0 amide bonds. The second kappa shape index (κ2) is 7.85. The van der Waals surface area contributed by atoms with E-state index in [4.69, 9.17) is 4.74 Å². The third-order valence-corrected chi connectivity index (χ3v) is 5.43. The molecule has 0 bridgehead atoms. The first-order chi connectivity index (χ1) is 11.4. The van der Waals surface area contributed by atoms with Gasteiger partial charge in [0, 0.05) is 12.7 Å². The van der Waals surface area contributed by atoms with Gasteiger partial charge in [-0.15, -0.1) is 0 Å². The molecule has 1 saturated carbocycles. The summed E-state index contributed by atoms with van der Waals surface area (Å²) in [5.41, 5.74) is -0.725. The second-order valence-corrected chi connectivity index (χ2v) is 7.52. The molecular weight excluding hydrogens is 340 g/mol. The number of pyridine rings is 1. The van der Waals surface area contributed by atoms with Gasteiger partial charge in [0.15, 0.2) is 6.61 Å². The fourth-order valence-corrected chi connectivity index (χ4v) is 3.92. The number of rotatable bonds is 7. The quantitative estimate of drug-likeness (QED) is 0.807. The average molecular weight is 359 g/mol. The molecular formula is C15H19F2N3O3S. The van der Waals surface area contributed by atoms with Gasteiger partial charge >= 0.3 is 0 Å². The SMILES string of the molecule is N#CC1(CNS(=O)(=O)c2cccnc2OCC(F)F)CCCCC1. The van der Waals surface area contributed by atoms with E-state index in [1.54, 1.807) is 0 Å². The number of hydrogen-bond donors (Lipinski definition) is 1. The molecule has 1 aromatic rings. The van der Waals surface area contributed by atoms with Crippen molar-refractivity contribution in [2.45, 2.75) is 43.4 Å². The van der Waals surface area contributed by atoms with Gasteiger partial charge in [0.2, 0.25) is 15.9 Å². The van der Waals surface area contributed by atoms with Crippen LogP contribution in [0, 0.1) is 16.7 Å². The number of alkyl halides is 2. The Bertz CT molecular complexity index is 698. The zero-order chi connectivity index (χ0) is 17.6. The summed E-state index contributed by atoms with van der Waals surface area (Å²) in [6.07, 6.45) is 2.58. The zero-order valence-corrected chi connectivity index (χ0v) is 13.9. The van der Waals surface area contributed by atoms with E-state index in [9.17, 15) is 22.5 Å². The molecule has 2 rings (SSSR count). The molecule has 1 aliphatic carbocycles. The lowest BCUT2D eigenvalue weighted by Crippen LogP contribution is -2.38. The van der Waals surface area contributed by atoms with Crippen LogP contribution >= 0.6 is 0 Å². The minimum absolute atomic E-state index is 0.0188. The average Bonchev–Trinajstić information content (AvgIpc) is 2.59. The predicted molar refractivity (Wildman–Crippen MR) is 82.1 cm³/mol. The lowest BCUT2D eigenvalue weighted by molar-refractivity contribution is 0.0779. The Labute approximate surface area is 139 Å². The van der Waals surface area contributed by atoms with Crippen molar-refractivity contribution < 1.29 is 21.9 Å². The highest BCUT2D eigenvalue weighted by Gasteiger charge is 2.34. The molecule has 0 radical (unpaired) electrons. The Morgan fingerprint density at radius 3 is 2.71 bits per heavy atom. The molecule has 0 aliphatic heterocycles. The van der Waals surface area contributed by atoms with Crippen LogP contribution in [0.1, 0.15) is 32.1 Å². The van der Waals surface area contributed by atoms with Gasteiger partial charge in [-0.3, -0.25) is 0 Å². The van der Waals surface area contributed by atoms with Crippen molar-refractivity contribution in [1.82, 2.24) is 9.71 Å². The molecule has 0 aromatic carbocycles. The van der Waals surface area contributed by atoms with Crippen LogP contribution in [0.2, 0.25) is 0 Å². The number of aromatic nitrogens is 1. The van der Waals surface area contributed by atoms with Gasteiger partial charge in [-0.25, -0.2) is 26.9 Å². The maximum absolute atomic E-state index is 12.5. The molecule has 132 valence electrons. The van der Waals surface area contributed by atoms with Crippen LogP contribution in [0.15, 0.2) is 23.2 Å². The van der Waals surface area contributed by atoms with E-state index in [-0.39, 0.29) is 17.3 Å². The number of ether oxygens (including phenoxy) is 1. The van der Waals surface area contributed by atoms with Crippen molar-refractivity contribution in [3.63, 3.8) is 0 Å². The summed E-state index contributed by atoms with van der Waals surface area (Å²) < 4.78 is 56.7. The first-order valence-electron chi connectivity index (χ1n) is 7.65.